The van der Waals surface area contributed by atoms with Crippen LogP contribution in [-0.4, -0.2) is 22.8 Å². The van der Waals surface area contributed by atoms with Gasteiger partial charge in [0.05, 0.1) is 11.1 Å². The first kappa shape index (κ1) is 15.2. The molecule has 3 rings (SSSR count). The predicted octanol–water partition coefficient (Wildman–Crippen LogP) is 3.95. The van der Waals surface area contributed by atoms with Crippen molar-refractivity contribution in [1.29, 1.82) is 0 Å². The Morgan fingerprint density at radius 2 is 1.96 bits per heavy atom. The molecule has 0 radical (unpaired) electrons. The third-order valence-corrected chi connectivity index (χ3v) is 3.82. The summed E-state index contributed by atoms with van der Waals surface area (Å²) in [5, 5.41) is 0.911. The Morgan fingerprint density at radius 1 is 1.17 bits per heavy atom. The Bertz CT molecular complexity index is 871. The van der Waals surface area contributed by atoms with E-state index in [0.29, 0.717) is 16.6 Å². The fourth-order valence-corrected chi connectivity index (χ4v) is 2.63. The first-order chi connectivity index (χ1) is 11.1. The largest absolute Gasteiger partial charge is 0.337 e. The number of hydrogen-bond acceptors (Lipinski definition) is 2. The average molecular weight is 308 g/mol. The normalized spacial score (nSPS) is 10.7. The van der Waals surface area contributed by atoms with Crippen molar-refractivity contribution < 1.29 is 9.18 Å². The molecule has 0 spiro atoms. The maximum atomic E-state index is 13.9. The molecule has 1 amide bonds. The van der Waals surface area contributed by atoms with Gasteiger partial charge in [0, 0.05) is 30.7 Å². The second kappa shape index (κ2) is 6.16. The topological polar surface area (TPSA) is 33.2 Å². The van der Waals surface area contributed by atoms with Gasteiger partial charge in [-0.25, -0.2) is 4.39 Å². The molecule has 3 aromatic rings. The van der Waals surface area contributed by atoms with Gasteiger partial charge in [0.25, 0.3) is 5.91 Å². The van der Waals surface area contributed by atoms with Crippen LogP contribution < -0.4 is 0 Å². The highest BCUT2D eigenvalue weighted by Gasteiger charge is 2.17. The fraction of sp³-hybridized carbons (Fsp3) is 0.158. The Balaban J connectivity index is 1.91. The number of halogens is 1. The monoisotopic (exact) mass is 308 g/mol. The number of nitrogens with zero attached hydrogens (tertiary/aromatic N) is 2. The third kappa shape index (κ3) is 3.06. The van der Waals surface area contributed by atoms with E-state index in [0.717, 1.165) is 10.9 Å². The van der Waals surface area contributed by atoms with Crippen molar-refractivity contribution in [2.75, 3.05) is 7.05 Å². The van der Waals surface area contributed by atoms with Crippen molar-refractivity contribution in [1.82, 2.24) is 9.88 Å². The first-order valence-electron chi connectivity index (χ1n) is 7.40. The third-order valence-electron chi connectivity index (χ3n) is 3.82. The zero-order valence-corrected chi connectivity index (χ0v) is 13.1. The molecule has 0 aliphatic carbocycles. The summed E-state index contributed by atoms with van der Waals surface area (Å²) in [5.41, 5.74) is 2.67. The van der Waals surface area contributed by atoms with Crippen LogP contribution in [0.25, 0.3) is 10.9 Å². The summed E-state index contributed by atoms with van der Waals surface area (Å²) in [6.45, 7) is 2.12. The molecule has 0 unspecified atom stereocenters. The number of carbonyl (C=O) groups is 1. The van der Waals surface area contributed by atoms with Crippen LogP contribution in [0, 0.1) is 12.7 Å². The van der Waals surface area contributed by atoms with Gasteiger partial charge in [0.2, 0.25) is 0 Å². The van der Waals surface area contributed by atoms with Gasteiger partial charge < -0.3 is 4.90 Å². The average Bonchev–Trinajstić information content (AvgIpc) is 2.57. The molecule has 1 aromatic heterocycles. The molecule has 0 aliphatic rings. The Kier molecular flexibility index (Phi) is 4.06. The van der Waals surface area contributed by atoms with Gasteiger partial charge in [-0.15, -0.1) is 0 Å². The van der Waals surface area contributed by atoms with E-state index in [9.17, 15) is 9.18 Å². The van der Waals surface area contributed by atoms with E-state index in [-0.39, 0.29) is 18.3 Å². The number of aromatic nitrogens is 1. The lowest BCUT2D eigenvalue weighted by Crippen LogP contribution is -2.27. The van der Waals surface area contributed by atoms with E-state index >= 15 is 0 Å². The number of benzene rings is 2. The minimum Gasteiger partial charge on any atom is -0.337 e. The minimum absolute atomic E-state index is 0.171. The Hall–Kier alpha value is -2.75. The minimum atomic E-state index is -0.300. The van der Waals surface area contributed by atoms with Gasteiger partial charge in [-0.2, -0.15) is 0 Å². The number of fused-ring (bicyclic) bond motifs is 1. The molecular formula is C19H17FN2O. The number of para-hydroxylation sites is 1. The van der Waals surface area contributed by atoms with Crippen LogP contribution in [0.3, 0.4) is 0 Å². The number of hydrogen-bond donors (Lipinski definition) is 0. The van der Waals surface area contributed by atoms with Crippen molar-refractivity contribution in [3.63, 3.8) is 0 Å². The maximum absolute atomic E-state index is 13.9. The van der Waals surface area contributed by atoms with Crippen LogP contribution in [0.5, 0.6) is 0 Å². The Morgan fingerprint density at radius 3 is 2.78 bits per heavy atom. The van der Waals surface area contributed by atoms with Gasteiger partial charge in [-0.1, -0.05) is 35.9 Å². The lowest BCUT2D eigenvalue weighted by atomic mass is 10.1. The van der Waals surface area contributed by atoms with Gasteiger partial charge >= 0.3 is 0 Å². The SMILES string of the molecule is Cc1ccc(F)c(CN(C)C(=O)c2cccc3cccnc23)c1. The summed E-state index contributed by atoms with van der Waals surface area (Å²) in [6.07, 6.45) is 1.67. The fourth-order valence-electron chi connectivity index (χ4n) is 2.63. The summed E-state index contributed by atoms with van der Waals surface area (Å²) >= 11 is 0. The molecule has 23 heavy (non-hydrogen) atoms. The second-order valence-electron chi connectivity index (χ2n) is 5.64. The number of aryl methyl sites for hydroxylation is 1. The molecule has 0 atom stereocenters. The van der Waals surface area contributed by atoms with Crippen LogP contribution in [0.2, 0.25) is 0 Å². The van der Waals surface area contributed by atoms with Crippen LogP contribution >= 0.6 is 0 Å². The molecule has 0 N–H and O–H groups in total. The van der Waals surface area contributed by atoms with Crippen molar-refractivity contribution >= 4 is 16.8 Å². The van der Waals surface area contributed by atoms with Gasteiger partial charge in [-0.05, 0) is 25.1 Å². The molecule has 0 fully saturated rings. The van der Waals surface area contributed by atoms with Crippen LogP contribution in [-0.2, 0) is 6.54 Å². The second-order valence-corrected chi connectivity index (χ2v) is 5.64. The van der Waals surface area contributed by atoms with Crippen LogP contribution in [0.1, 0.15) is 21.5 Å². The van der Waals surface area contributed by atoms with Crippen molar-refractivity contribution in [2.24, 2.45) is 0 Å². The summed E-state index contributed by atoms with van der Waals surface area (Å²) < 4.78 is 13.9. The van der Waals surface area contributed by atoms with Crippen LogP contribution in [0.15, 0.2) is 54.7 Å². The number of carbonyl (C=O) groups excluding carboxylic acids is 1. The van der Waals surface area contributed by atoms with E-state index < -0.39 is 0 Å². The highest BCUT2D eigenvalue weighted by atomic mass is 19.1. The molecule has 116 valence electrons. The standard InChI is InChI=1S/C19H17FN2O/c1-13-8-9-17(20)15(11-13)12-22(2)19(23)16-7-3-5-14-6-4-10-21-18(14)16/h3-11H,12H2,1-2H3. The zero-order chi connectivity index (χ0) is 16.4. The van der Waals surface area contributed by atoms with E-state index in [1.807, 2.05) is 31.2 Å². The number of amides is 1. The lowest BCUT2D eigenvalue weighted by molar-refractivity contribution is 0.0785. The molecule has 2 aromatic carbocycles. The molecular weight excluding hydrogens is 291 g/mol. The van der Waals surface area contributed by atoms with E-state index in [1.165, 1.54) is 11.0 Å². The molecule has 0 bridgehead atoms. The van der Waals surface area contributed by atoms with E-state index in [2.05, 4.69) is 4.98 Å². The number of pyridine rings is 1. The maximum Gasteiger partial charge on any atom is 0.256 e. The first-order valence-corrected chi connectivity index (χ1v) is 7.40. The molecule has 0 aliphatic heterocycles. The molecule has 1 heterocycles. The molecule has 4 heteroatoms. The lowest BCUT2D eigenvalue weighted by Gasteiger charge is -2.18. The van der Waals surface area contributed by atoms with Crippen molar-refractivity contribution in [3.8, 4) is 0 Å². The summed E-state index contributed by atoms with van der Waals surface area (Å²) in [6, 6.07) is 14.2. The van der Waals surface area contributed by atoms with E-state index in [1.54, 1.807) is 31.4 Å². The van der Waals surface area contributed by atoms with Crippen molar-refractivity contribution in [3.05, 3.63) is 77.2 Å². The highest BCUT2D eigenvalue weighted by Crippen LogP contribution is 2.19. The highest BCUT2D eigenvalue weighted by molar-refractivity contribution is 6.05. The summed E-state index contributed by atoms with van der Waals surface area (Å²) in [4.78, 5) is 18.5. The van der Waals surface area contributed by atoms with Crippen molar-refractivity contribution in [2.45, 2.75) is 13.5 Å². The zero-order valence-electron chi connectivity index (χ0n) is 13.1. The predicted molar refractivity (Wildman–Crippen MR) is 88.7 cm³/mol. The van der Waals surface area contributed by atoms with Gasteiger partial charge in [-0.3, -0.25) is 9.78 Å². The quantitative estimate of drug-likeness (QED) is 0.734. The van der Waals surface area contributed by atoms with Crippen LogP contribution in [0.4, 0.5) is 4.39 Å². The van der Waals surface area contributed by atoms with Gasteiger partial charge in [0.15, 0.2) is 0 Å². The van der Waals surface area contributed by atoms with Gasteiger partial charge in [0.1, 0.15) is 5.82 Å². The number of rotatable bonds is 3. The molecule has 0 saturated carbocycles. The summed E-state index contributed by atoms with van der Waals surface area (Å²) in [7, 11) is 1.67. The molecule has 3 nitrogen and oxygen atoms in total. The molecule has 0 saturated heterocycles. The van der Waals surface area contributed by atoms with E-state index in [4.69, 9.17) is 0 Å². The Labute approximate surface area is 134 Å². The summed E-state index contributed by atoms with van der Waals surface area (Å²) in [5.74, 6) is -0.471. The smallest absolute Gasteiger partial charge is 0.256 e.